The quantitative estimate of drug-likeness (QED) is 0.547. The molecule has 0 radical (unpaired) electrons. The Morgan fingerprint density at radius 3 is 2.34 bits per heavy atom. The zero-order valence-electron chi connectivity index (χ0n) is 18.5. The second-order valence-electron chi connectivity index (χ2n) is 8.92. The fourth-order valence-electron chi connectivity index (χ4n) is 6.23. The molecule has 166 valence electrons. The van der Waals surface area contributed by atoms with Crippen LogP contribution >= 0.6 is 0 Å². The molecule has 3 aliphatic rings. The van der Waals surface area contributed by atoms with Gasteiger partial charge in [-0.3, -0.25) is 24.2 Å². The molecule has 6 heteroatoms. The number of amides is 2. The van der Waals surface area contributed by atoms with Crippen LogP contribution in [0.5, 0.6) is 0 Å². The maximum Gasteiger partial charge on any atom is 0.327 e. The van der Waals surface area contributed by atoms with Crippen LogP contribution in [0.1, 0.15) is 37.8 Å². The van der Waals surface area contributed by atoms with Gasteiger partial charge in [-0.05, 0) is 49.4 Å². The van der Waals surface area contributed by atoms with Crippen molar-refractivity contribution in [3.05, 3.63) is 60.2 Å². The second kappa shape index (κ2) is 7.85. The molecule has 0 spiro atoms. The predicted molar refractivity (Wildman–Crippen MR) is 119 cm³/mol. The lowest BCUT2D eigenvalue weighted by molar-refractivity contribution is -0.164. The molecule has 2 amide bonds. The van der Waals surface area contributed by atoms with E-state index in [4.69, 9.17) is 4.74 Å². The third kappa shape index (κ3) is 2.78. The van der Waals surface area contributed by atoms with E-state index in [1.54, 1.807) is 0 Å². The Kier molecular flexibility index (Phi) is 5.13. The molecule has 0 N–H and O–H groups in total. The van der Waals surface area contributed by atoms with Gasteiger partial charge in [-0.2, -0.15) is 0 Å². The Morgan fingerprint density at radius 2 is 1.69 bits per heavy atom. The molecule has 0 unspecified atom stereocenters. The highest BCUT2D eigenvalue weighted by Crippen LogP contribution is 2.58. The molecule has 0 aromatic heterocycles. The van der Waals surface area contributed by atoms with Crippen LogP contribution in [0.2, 0.25) is 0 Å². The molecule has 5 rings (SSSR count). The number of hydrogen-bond donors (Lipinski definition) is 0. The van der Waals surface area contributed by atoms with Crippen LogP contribution in [-0.4, -0.2) is 53.3 Å². The number of likely N-dealkylation sites (tertiary alicyclic amines) is 1. The Balaban J connectivity index is 1.62. The minimum absolute atomic E-state index is 0.169. The summed E-state index contributed by atoms with van der Waals surface area (Å²) in [6.07, 6.45) is 2.30. The molecule has 0 bridgehead atoms. The van der Waals surface area contributed by atoms with Gasteiger partial charge in [0, 0.05) is 12.6 Å². The monoisotopic (exact) mass is 432 g/mol. The zero-order chi connectivity index (χ0) is 22.5. The summed E-state index contributed by atoms with van der Waals surface area (Å²) in [5, 5.41) is 0. The average Bonchev–Trinajstić information content (AvgIpc) is 3.29. The van der Waals surface area contributed by atoms with Crippen molar-refractivity contribution in [2.45, 2.75) is 37.8 Å². The van der Waals surface area contributed by atoms with E-state index in [1.807, 2.05) is 37.3 Å². The van der Waals surface area contributed by atoms with Gasteiger partial charge in [-0.1, -0.05) is 54.6 Å². The Morgan fingerprint density at radius 1 is 1.00 bits per heavy atom. The van der Waals surface area contributed by atoms with Crippen LogP contribution in [0.15, 0.2) is 54.6 Å². The lowest BCUT2D eigenvalue weighted by atomic mass is 9.75. The molecular weight excluding hydrogens is 404 g/mol. The first-order valence-electron chi connectivity index (χ1n) is 11.4. The number of fused-ring (bicyclic) bond motifs is 3. The summed E-state index contributed by atoms with van der Waals surface area (Å²) in [5.41, 5.74) is 2.10. The van der Waals surface area contributed by atoms with Crippen LogP contribution in [0.25, 0.3) is 11.1 Å². The van der Waals surface area contributed by atoms with Gasteiger partial charge in [0.25, 0.3) is 0 Å². The molecule has 3 fully saturated rings. The number of esters is 1. The number of carbonyl (C=O) groups is 3. The molecule has 6 nitrogen and oxygen atoms in total. The summed E-state index contributed by atoms with van der Waals surface area (Å²) in [4.78, 5) is 43.5. The Hall–Kier alpha value is -2.99. The van der Waals surface area contributed by atoms with E-state index in [1.165, 1.54) is 12.0 Å². The summed E-state index contributed by atoms with van der Waals surface area (Å²) in [7, 11) is 1.37. The van der Waals surface area contributed by atoms with Gasteiger partial charge >= 0.3 is 5.97 Å². The number of nitrogens with zero attached hydrogens (tertiary/aromatic N) is 2. The topological polar surface area (TPSA) is 66.9 Å². The number of rotatable bonds is 4. The first kappa shape index (κ1) is 20.9. The van der Waals surface area contributed by atoms with E-state index in [-0.39, 0.29) is 17.9 Å². The van der Waals surface area contributed by atoms with E-state index in [0.29, 0.717) is 19.5 Å². The summed E-state index contributed by atoms with van der Waals surface area (Å²) >= 11 is 0. The molecule has 4 atom stereocenters. The second-order valence-corrected chi connectivity index (χ2v) is 8.92. The first-order valence-corrected chi connectivity index (χ1v) is 11.4. The van der Waals surface area contributed by atoms with Crippen molar-refractivity contribution in [2.75, 3.05) is 20.2 Å². The molecular formula is C26H28N2O4. The van der Waals surface area contributed by atoms with Gasteiger partial charge in [0.15, 0.2) is 0 Å². The third-order valence-corrected chi connectivity index (χ3v) is 7.57. The molecule has 3 heterocycles. The highest BCUT2D eigenvalue weighted by atomic mass is 16.5. The molecule has 2 aromatic rings. The van der Waals surface area contributed by atoms with Gasteiger partial charge in [0.1, 0.15) is 5.54 Å². The van der Waals surface area contributed by atoms with Crippen molar-refractivity contribution >= 4 is 17.8 Å². The summed E-state index contributed by atoms with van der Waals surface area (Å²) in [5.74, 6) is -2.06. The summed E-state index contributed by atoms with van der Waals surface area (Å²) < 4.78 is 5.25. The number of carbonyl (C=O) groups excluding carboxylic acids is 3. The van der Waals surface area contributed by atoms with Crippen molar-refractivity contribution in [1.82, 2.24) is 9.80 Å². The van der Waals surface area contributed by atoms with Crippen LogP contribution in [0.3, 0.4) is 0 Å². The molecule has 2 aromatic carbocycles. The summed E-state index contributed by atoms with van der Waals surface area (Å²) in [6.45, 7) is 2.80. The third-order valence-electron chi connectivity index (χ3n) is 7.57. The van der Waals surface area contributed by atoms with Gasteiger partial charge < -0.3 is 4.74 Å². The minimum Gasteiger partial charge on any atom is -0.468 e. The molecule has 3 aliphatic heterocycles. The maximum absolute atomic E-state index is 13.4. The SMILES string of the molecule is CCN1C(=O)[C@H]2[C@@H](c3ccc(-c4ccccc4)cc3)N3CCCC[C@@]3(C(=O)OC)[C@H]2C1=O. The average molecular weight is 433 g/mol. The van der Waals surface area contributed by atoms with Crippen LogP contribution in [-0.2, 0) is 19.1 Å². The number of methoxy groups -OCH3 is 1. The summed E-state index contributed by atoms with van der Waals surface area (Å²) in [6, 6.07) is 18.0. The van der Waals surface area contributed by atoms with E-state index < -0.39 is 23.3 Å². The smallest absolute Gasteiger partial charge is 0.327 e. The fourth-order valence-corrected chi connectivity index (χ4v) is 6.23. The molecule has 32 heavy (non-hydrogen) atoms. The normalized spacial score (nSPS) is 29.7. The molecule has 3 saturated heterocycles. The minimum atomic E-state index is -1.07. The maximum atomic E-state index is 13.4. The first-order chi connectivity index (χ1) is 15.5. The Labute approximate surface area is 188 Å². The van der Waals surface area contributed by atoms with Crippen LogP contribution in [0.4, 0.5) is 0 Å². The predicted octanol–water partition coefficient (Wildman–Crippen LogP) is 3.43. The molecule has 0 saturated carbocycles. The van der Waals surface area contributed by atoms with Crippen molar-refractivity contribution in [2.24, 2.45) is 11.8 Å². The lowest BCUT2D eigenvalue weighted by Gasteiger charge is -2.44. The standard InChI is InChI=1S/C26H28N2O4/c1-3-27-23(29)20-21(24(27)30)26(25(31)32-2)15-7-8-16-28(26)22(20)19-13-11-18(12-14-19)17-9-5-4-6-10-17/h4-6,9-14,20-22H,3,7-8,15-16H2,1-2H3/t20-,21-,22-,26+/m1/s1. The van der Waals surface area contributed by atoms with Gasteiger partial charge in [-0.15, -0.1) is 0 Å². The van der Waals surface area contributed by atoms with Gasteiger partial charge in [0.2, 0.25) is 11.8 Å². The van der Waals surface area contributed by atoms with E-state index in [9.17, 15) is 14.4 Å². The van der Waals surface area contributed by atoms with E-state index in [0.717, 1.165) is 29.5 Å². The number of benzene rings is 2. The van der Waals surface area contributed by atoms with Gasteiger partial charge in [0.05, 0.1) is 18.9 Å². The van der Waals surface area contributed by atoms with E-state index in [2.05, 4.69) is 29.2 Å². The largest absolute Gasteiger partial charge is 0.468 e. The van der Waals surface area contributed by atoms with Crippen LogP contribution in [0, 0.1) is 11.8 Å². The van der Waals surface area contributed by atoms with Crippen molar-refractivity contribution in [3.8, 4) is 11.1 Å². The van der Waals surface area contributed by atoms with Crippen molar-refractivity contribution in [1.29, 1.82) is 0 Å². The van der Waals surface area contributed by atoms with Crippen LogP contribution < -0.4 is 0 Å². The number of ether oxygens (including phenoxy) is 1. The Bertz CT molecular complexity index is 1050. The molecule has 0 aliphatic carbocycles. The number of imide groups is 1. The number of piperidine rings is 1. The van der Waals surface area contributed by atoms with E-state index >= 15 is 0 Å². The highest BCUT2D eigenvalue weighted by Gasteiger charge is 2.72. The zero-order valence-corrected chi connectivity index (χ0v) is 18.5. The van der Waals surface area contributed by atoms with Crippen molar-refractivity contribution in [3.63, 3.8) is 0 Å². The van der Waals surface area contributed by atoms with Crippen molar-refractivity contribution < 1.29 is 19.1 Å². The number of hydrogen-bond acceptors (Lipinski definition) is 5. The fraction of sp³-hybridized carbons (Fsp3) is 0.423. The highest BCUT2D eigenvalue weighted by molar-refractivity contribution is 6.09. The van der Waals surface area contributed by atoms with Gasteiger partial charge in [-0.25, -0.2) is 0 Å². The lowest BCUT2D eigenvalue weighted by Crippen LogP contribution is -2.59.